The van der Waals surface area contributed by atoms with Crippen LogP contribution in [0.25, 0.3) is 0 Å². The molecule has 0 saturated heterocycles. The van der Waals surface area contributed by atoms with Gasteiger partial charge in [0.25, 0.3) is 0 Å². The molecule has 0 bridgehead atoms. The Bertz CT molecular complexity index is 228. The first-order valence-corrected chi connectivity index (χ1v) is 6.60. The van der Waals surface area contributed by atoms with Gasteiger partial charge in [0.05, 0.1) is 0 Å². The van der Waals surface area contributed by atoms with Gasteiger partial charge in [-0.15, -0.1) is 0 Å². The van der Waals surface area contributed by atoms with Crippen molar-refractivity contribution in [2.45, 2.75) is 51.4 Å². The molecule has 0 radical (unpaired) electrons. The van der Waals surface area contributed by atoms with Gasteiger partial charge in [-0.2, -0.15) is 0 Å². The monoisotopic (exact) mass is 190 g/mol. The average Bonchev–Trinajstić information content (AvgIpc) is 2.26. The maximum Gasteiger partial charge on any atom is -0.0202 e. The van der Waals surface area contributed by atoms with Crippen molar-refractivity contribution >= 4 is 0 Å². The minimum absolute atomic E-state index is 0.975. The fraction of sp³-hybridized carbons (Fsp3) is 0.857. The molecule has 0 aromatic rings. The quantitative estimate of drug-likeness (QED) is 0.503. The third-order valence-electron chi connectivity index (χ3n) is 4.94. The summed E-state index contributed by atoms with van der Waals surface area (Å²) >= 11 is 0. The molecule has 0 aromatic carbocycles. The number of fused-ring (bicyclic) bond motifs is 2. The van der Waals surface area contributed by atoms with E-state index in [0.29, 0.717) is 0 Å². The van der Waals surface area contributed by atoms with Gasteiger partial charge in [0.1, 0.15) is 0 Å². The summed E-state index contributed by atoms with van der Waals surface area (Å²) in [6.45, 7) is 0. The van der Waals surface area contributed by atoms with Gasteiger partial charge in [-0.1, -0.05) is 37.8 Å². The second-order valence-corrected chi connectivity index (χ2v) is 5.71. The van der Waals surface area contributed by atoms with Crippen molar-refractivity contribution in [3.8, 4) is 0 Å². The van der Waals surface area contributed by atoms with Gasteiger partial charge in [0, 0.05) is 0 Å². The molecule has 0 heterocycles. The van der Waals surface area contributed by atoms with Crippen LogP contribution in [0.5, 0.6) is 0 Å². The van der Waals surface area contributed by atoms with E-state index >= 15 is 0 Å². The Morgan fingerprint density at radius 2 is 1.57 bits per heavy atom. The molecule has 14 heavy (non-hydrogen) atoms. The van der Waals surface area contributed by atoms with Crippen LogP contribution in [0, 0.1) is 23.7 Å². The Morgan fingerprint density at radius 3 is 2.43 bits per heavy atom. The molecule has 0 spiro atoms. The first kappa shape index (κ1) is 9.00. The maximum absolute atomic E-state index is 2.54. The van der Waals surface area contributed by atoms with Crippen molar-refractivity contribution in [2.75, 3.05) is 0 Å². The third kappa shape index (κ3) is 1.53. The van der Waals surface area contributed by atoms with E-state index in [1.807, 2.05) is 0 Å². The lowest BCUT2D eigenvalue weighted by Gasteiger charge is -2.44. The molecule has 0 heteroatoms. The fourth-order valence-electron chi connectivity index (χ4n) is 4.16. The van der Waals surface area contributed by atoms with Gasteiger partial charge in [0.2, 0.25) is 0 Å². The lowest BCUT2D eigenvalue weighted by molar-refractivity contribution is 0.0903. The fourth-order valence-corrected chi connectivity index (χ4v) is 4.16. The van der Waals surface area contributed by atoms with Crippen molar-refractivity contribution in [3.63, 3.8) is 0 Å². The van der Waals surface area contributed by atoms with Crippen molar-refractivity contribution < 1.29 is 0 Å². The second kappa shape index (κ2) is 3.72. The molecule has 0 aliphatic heterocycles. The van der Waals surface area contributed by atoms with E-state index in [1.54, 1.807) is 19.3 Å². The van der Waals surface area contributed by atoms with Crippen LogP contribution < -0.4 is 0 Å². The highest BCUT2D eigenvalue weighted by atomic mass is 14.4. The molecule has 78 valence electrons. The zero-order valence-corrected chi connectivity index (χ0v) is 9.12. The van der Waals surface area contributed by atoms with E-state index in [-0.39, 0.29) is 0 Å². The normalized spacial score (nSPS) is 46.9. The standard InChI is InChI=1S/C14H22/c1-2-6-12-10-14-8-4-3-7-13(14)9-11(12)5-1/h1,5,11-14H,2-4,6-10H2. The van der Waals surface area contributed by atoms with Crippen LogP contribution in [0.3, 0.4) is 0 Å². The number of allylic oxidation sites excluding steroid dienone is 2. The Hall–Kier alpha value is -0.260. The maximum atomic E-state index is 2.54. The molecule has 0 aromatic heterocycles. The molecule has 0 nitrogen and oxygen atoms in total. The van der Waals surface area contributed by atoms with Crippen molar-refractivity contribution in [1.82, 2.24) is 0 Å². The molecule has 4 unspecified atom stereocenters. The van der Waals surface area contributed by atoms with Crippen LogP contribution in [0.2, 0.25) is 0 Å². The zero-order valence-electron chi connectivity index (χ0n) is 9.12. The number of rotatable bonds is 0. The largest absolute Gasteiger partial charge is 0.0882 e. The lowest BCUT2D eigenvalue weighted by atomic mass is 9.61. The summed E-state index contributed by atoms with van der Waals surface area (Å²) in [5.74, 6) is 4.27. The van der Waals surface area contributed by atoms with E-state index in [2.05, 4.69) is 12.2 Å². The van der Waals surface area contributed by atoms with Crippen LogP contribution >= 0.6 is 0 Å². The van der Waals surface area contributed by atoms with E-state index in [0.717, 1.165) is 23.7 Å². The molecule has 0 amide bonds. The first-order valence-electron chi connectivity index (χ1n) is 6.60. The van der Waals surface area contributed by atoms with E-state index in [9.17, 15) is 0 Å². The minimum Gasteiger partial charge on any atom is -0.0882 e. The molecule has 4 atom stereocenters. The highest BCUT2D eigenvalue weighted by Crippen LogP contribution is 2.48. The minimum atomic E-state index is 0.975. The summed E-state index contributed by atoms with van der Waals surface area (Å²) in [4.78, 5) is 0. The van der Waals surface area contributed by atoms with Gasteiger partial charge >= 0.3 is 0 Å². The highest BCUT2D eigenvalue weighted by molar-refractivity contribution is 5.01. The first-order chi connectivity index (χ1) is 6.93. The number of hydrogen-bond donors (Lipinski definition) is 0. The SMILES string of the molecule is C1=CC2CC3CCCCC3CC2CC1. The summed E-state index contributed by atoms with van der Waals surface area (Å²) in [6, 6.07) is 0. The van der Waals surface area contributed by atoms with Crippen LogP contribution in [0.4, 0.5) is 0 Å². The Morgan fingerprint density at radius 1 is 0.786 bits per heavy atom. The zero-order chi connectivity index (χ0) is 9.38. The molecule has 0 N–H and O–H groups in total. The average molecular weight is 190 g/mol. The molecule has 2 saturated carbocycles. The third-order valence-corrected chi connectivity index (χ3v) is 4.94. The van der Waals surface area contributed by atoms with Gasteiger partial charge in [-0.25, -0.2) is 0 Å². The second-order valence-electron chi connectivity index (χ2n) is 5.71. The summed E-state index contributed by atoms with van der Waals surface area (Å²) in [5, 5.41) is 0. The summed E-state index contributed by atoms with van der Waals surface area (Å²) in [5.41, 5.74) is 0. The van der Waals surface area contributed by atoms with Gasteiger partial charge < -0.3 is 0 Å². The van der Waals surface area contributed by atoms with Crippen LogP contribution in [0.1, 0.15) is 51.4 Å². The summed E-state index contributed by atoms with van der Waals surface area (Å²) in [7, 11) is 0. The Kier molecular flexibility index (Phi) is 2.39. The van der Waals surface area contributed by atoms with Gasteiger partial charge in [0.15, 0.2) is 0 Å². The highest BCUT2D eigenvalue weighted by Gasteiger charge is 2.37. The molecule has 3 aliphatic carbocycles. The molecule has 3 rings (SSSR count). The topological polar surface area (TPSA) is 0 Å². The van der Waals surface area contributed by atoms with Crippen molar-refractivity contribution in [2.24, 2.45) is 23.7 Å². The predicted molar refractivity (Wildman–Crippen MR) is 60.0 cm³/mol. The predicted octanol–water partition coefficient (Wildman–Crippen LogP) is 4.17. The van der Waals surface area contributed by atoms with Crippen LogP contribution in [-0.4, -0.2) is 0 Å². The van der Waals surface area contributed by atoms with Crippen molar-refractivity contribution in [3.05, 3.63) is 12.2 Å². The summed E-state index contributed by atoms with van der Waals surface area (Å²) < 4.78 is 0. The van der Waals surface area contributed by atoms with E-state index in [4.69, 9.17) is 0 Å². The number of hydrogen-bond acceptors (Lipinski definition) is 0. The molecule has 3 aliphatic rings. The summed E-state index contributed by atoms with van der Waals surface area (Å²) in [6.07, 6.45) is 17.1. The van der Waals surface area contributed by atoms with Crippen molar-refractivity contribution in [1.29, 1.82) is 0 Å². The molecular weight excluding hydrogens is 168 g/mol. The van der Waals surface area contributed by atoms with Gasteiger partial charge in [-0.05, 0) is 49.4 Å². The molecular formula is C14H22. The Labute approximate surface area is 87.8 Å². The van der Waals surface area contributed by atoms with Crippen LogP contribution in [0.15, 0.2) is 12.2 Å². The molecule has 2 fully saturated rings. The van der Waals surface area contributed by atoms with E-state index in [1.165, 1.54) is 32.1 Å². The smallest absolute Gasteiger partial charge is 0.0202 e. The Balaban J connectivity index is 1.73. The van der Waals surface area contributed by atoms with Crippen LogP contribution in [-0.2, 0) is 0 Å². The van der Waals surface area contributed by atoms with Gasteiger partial charge in [-0.3, -0.25) is 0 Å². The lowest BCUT2D eigenvalue weighted by Crippen LogP contribution is -2.34. The van der Waals surface area contributed by atoms with E-state index < -0.39 is 0 Å².